The zero-order valence-electron chi connectivity index (χ0n) is 4.22. The normalized spacial score (nSPS) is 12.8. The van der Waals surface area contributed by atoms with Crippen LogP contribution in [-0.4, -0.2) is 0 Å². The van der Waals surface area contributed by atoms with Crippen molar-refractivity contribution in [2.24, 2.45) is 0 Å². The Morgan fingerprint density at radius 1 is 0.625 bits per heavy atom. The maximum atomic E-state index is 11.1. The number of allylic oxidation sites excluding steroid dienone is 4. The fourth-order valence-electron chi connectivity index (χ4n) is 0.212. The molecule has 0 aliphatic carbocycles. The smallest absolute Gasteiger partial charge is 0.0866 e. The Kier molecular flexibility index (Phi) is 5.38. The number of hydrogen-bond acceptors (Lipinski definition) is 0. The molecule has 0 radical (unpaired) electrons. The van der Waals surface area contributed by atoms with Gasteiger partial charge in [-0.15, -0.1) is 0 Å². The van der Waals surface area contributed by atoms with Crippen molar-refractivity contribution in [1.82, 2.24) is 0 Å². The summed E-state index contributed by atoms with van der Waals surface area (Å²) in [6.45, 7) is 0. The molecule has 0 fully saturated rings. The van der Waals surface area contributed by atoms with Gasteiger partial charge >= 0.3 is 0 Å². The molecule has 0 nitrogen and oxygen atoms in total. The first-order valence-corrected chi connectivity index (χ1v) is 2.10. The first-order chi connectivity index (χ1) is 3.91. The minimum absolute atomic E-state index is 0.378. The number of rotatable bonds is 2. The molecule has 8 heavy (non-hydrogen) atoms. The lowest BCUT2D eigenvalue weighted by Crippen LogP contribution is -1.44. The lowest BCUT2D eigenvalue weighted by Gasteiger charge is -1.65. The van der Waals surface area contributed by atoms with Crippen molar-refractivity contribution in [3.8, 4) is 0 Å². The molecular weight excluding hydrogens is 110 g/mol. The summed E-state index contributed by atoms with van der Waals surface area (Å²) in [6.07, 6.45) is 5.86. The molecule has 0 spiro atoms. The summed E-state index contributed by atoms with van der Waals surface area (Å²) in [6, 6.07) is 0. The first-order valence-electron chi connectivity index (χ1n) is 2.10. The molecule has 0 atom stereocenters. The van der Waals surface area contributed by atoms with Gasteiger partial charge in [-0.2, -0.15) is 0 Å². The second-order valence-electron chi connectivity index (χ2n) is 1.02. The van der Waals surface area contributed by atoms with Crippen LogP contribution in [0.2, 0.25) is 0 Å². The summed E-state index contributed by atoms with van der Waals surface area (Å²) in [5, 5.41) is 0. The van der Waals surface area contributed by atoms with Crippen LogP contribution in [0.4, 0.5) is 8.78 Å². The number of hydrogen-bond donors (Lipinski definition) is 0. The van der Waals surface area contributed by atoms with Gasteiger partial charge in [0.15, 0.2) is 0 Å². The molecule has 0 aromatic rings. The van der Waals surface area contributed by atoms with Crippen molar-refractivity contribution in [2.75, 3.05) is 0 Å². The van der Waals surface area contributed by atoms with E-state index in [1.54, 1.807) is 0 Å². The van der Waals surface area contributed by atoms with E-state index in [2.05, 4.69) is 0 Å². The first kappa shape index (κ1) is 7.08. The van der Waals surface area contributed by atoms with Gasteiger partial charge in [0, 0.05) is 0 Å². The van der Waals surface area contributed by atoms with E-state index in [0.29, 0.717) is 12.7 Å². The zero-order chi connectivity index (χ0) is 6.24. The highest BCUT2D eigenvalue weighted by Gasteiger charge is 1.58. The van der Waals surface area contributed by atoms with Gasteiger partial charge in [0.2, 0.25) is 0 Å². The summed E-state index contributed by atoms with van der Waals surface area (Å²) < 4.78 is 22.1. The molecule has 0 rings (SSSR count). The third-order valence-corrected chi connectivity index (χ3v) is 0.479. The highest BCUT2D eigenvalue weighted by Crippen LogP contribution is 1.79. The van der Waals surface area contributed by atoms with Crippen molar-refractivity contribution < 1.29 is 8.78 Å². The quantitative estimate of drug-likeness (QED) is 0.486. The molecule has 0 N–H and O–H groups in total. The van der Waals surface area contributed by atoms with Crippen LogP contribution < -0.4 is 0 Å². The van der Waals surface area contributed by atoms with E-state index in [1.807, 2.05) is 0 Å². The lowest BCUT2D eigenvalue weighted by atomic mass is 10.5. The van der Waals surface area contributed by atoms with E-state index < -0.39 is 0 Å². The zero-order valence-corrected chi connectivity index (χ0v) is 4.22. The molecule has 0 aromatic carbocycles. The van der Waals surface area contributed by atoms with Crippen LogP contribution in [-0.2, 0) is 0 Å². The average molecular weight is 116 g/mol. The summed E-state index contributed by atoms with van der Waals surface area (Å²) >= 11 is 0. The van der Waals surface area contributed by atoms with E-state index in [-0.39, 0.29) is 0 Å². The average Bonchev–Trinajstić information content (AvgIpc) is 1.81. The van der Waals surface area contributed by atoms with Crippen molar-refractivity contribution in [1.29, 1.82) is 0 Å². The molecule has 2 heteroatoms. The largest absolute Gasteiger partial charge is 0.216 e. The maximum Gasteiger partial charge on any atom is 0.0866 e. The third kappa shape index (κ3) is 5.08. The fraction of sp³-hybridized carbons (Fsp3) is 0. The predicted molar refractivity (Wildman–Crippen MR) is 29.6 cm³/mol. The summed E-state index contributed by atoms with van der Waals surface area (Å²) in [7, 11) is 0. The Labute approximate surface area is 46.8 Å². The Morgan fingerprint density at radius 2 is 1.00 bits per heavy atom. The highest BCUT2D eigenvalue weighted by atomic mass is 19.1. The standard InChI is InChI=1S/C6H6F2/c7-5-3-1-2-4-6-8/h1-6H/b2-1+,5-3+,6-4+. The predicted octanol–water partition coefficient (Wildman–Crippen LogP) is 2.51. The molecule has 0 saturated carbocycles. The van der Waals surface area contributed by atoms with Crippen LogP contribution in [0, 0.1) is 0 Å². The Balaban J connectivity index is 3.35. The minimum atomic E-state index is 0.378. The van der Waals surface area contributed by atoms with Crippen LogP contribution in [0.25, 0.3) is 0 Å². The second kappa shape index (κ2) is 6.08. The number of halogens is 2. The topological polar surface area (TPSA) is 0 Å². The van der Waals surface area contributed by atoms with Gasteiger partial charge in [-0.1, -0.05) is 12.2 Å². The van der Waals surface area contributed by atoms with Gasteiger partial charge in [0.25, 0.3) is 0 Å². The van der Waals surface area contributed by atoms with Crippen LogP contribution >= 0.6 is 0 Å². The van der Waals surface area contributed by atoms with Crippen LogP contribution in [0.1, 0.15) is 0 Å². The van der Waals surface area contributed by atoms with Gasteiger partial charge in [0.05, 0.1) is 12.7 Å². The van der Waals surface area contributed by atoms with E-state index >= 15 is 0 Å². The van der Waals surface area contributed by atoms with Crippen molar-refractivity contribution in [3.05, 3.63) is 37.0 Å². The fourth-order valence-corrected chi connectivity index (χ4v) is 0.212. The molecule has 0 aliphatic heterocycles. The van der Waals surface area contributed by atoms with Crippen molar-refractivity contribution in [2.45, 2.75) is 0 Å². The van der Waals surface area contributed by atoms with Gasteiger partial charge in [-0.25, -0.2) is 8.78 Å². The van der Waals surface area contributed by atoms with Gasteiger partial charge in [-0.3, -0.25) is 0 Å². The molecule has 0 aliphatic rings. The monoisotopic (exact) mass is 116 g/mol. The molecule has 0 bridgehead atoms. The van der Waals surface area contributed by atoms with E-state index in [1.165, 1.54) is 24.3 Å². The van der Waals surface area contributed by atoms with Crippen molar-refractivity contribution in [3.63, 3.8) is 0 Å². The Morgan fingerprint density at radius 3 is 1.25 bits per heavy atom. The Hall–Kier alpha value is -0.920. The lowest BCUT2D eigenvalue weighted by molar-refractivity contribution is 0.720. The van der Waals surface area contributed by atoms with Crippen LogP contribution in [0.15, 0.2) is 37.0 Å². The van der Waals surface area contributed by atoms with Crippen LogP contribution in [0.5, 0.6) is 0 Å². The van der Waals surface area contributed by atoms with Gasteiger partial charge < -0.3 is 0 Å². The molecule has 0 aromatic heterocycles. The SMILES string of the molecule is F/C=C/C=C/C=C/F. The molecule has 0 unspecified atom stereocenters. The van der Waals surface area contributed by atoms with Crippen molar-refractivity contribution >= 4 is 0 Å². The van der Waals surface area contributed by atoms with E-state index in [0.717, 1.165) is 0 Å². The van der Waals surface area contributed by atoms with Gasteiger partial charge in [-0.05, 0) is 12.2 Å². The van der Waals surface area contributed by atoms with Crippen LogP contribution in [0.3, 0.4) is 0 Å². The summed E-state index contributed by atoms with van der Waals surface area (Å²) in [4.78, 5) is 0. The summed E-state index contributed by atoms with van der Waals surface area (Å²) in [5.74, 6) is 0. The molecule has 0 heterocycles. The Bertz CT molecular complexity index is 97.7. The molecule has 0 saturated heterocycles. The van der Waals surface area contributed by atoms with Gasteiger partial charge in [0.1, 0.15) is 0 Å². The molecular formula is C6H6F2. The highest BCUT2D eigenvalue weighted by molar-refractivity contribution is 5.07. The maximum absolute atomic E-state index is 11.1. The molecule has 0 amide bonds. The molecule has 44 valence electrons. The minimum Gasteiger partial charge on any atom is -0.216 e. The summed E-state index contributed by atoms with van der Waals surface area (Å²) in [5.41, 5.74) is 0. The van der Waals surface area contributed by atoms with E-state index in [9.17, 15) is 8.78 Å². The van der Waals surface area contributed by atoms with E-state index in [4.69, 9.17) is 0 Å². The second-order valence-corrected chi connectivity index (χ2v) is 1.02. The third-order valence-electron chi connectivity index (χ3n) is 0.479.